The van der Waals surface area contributed by atoms with Crippen LogP contribution in [0.5, 0.6) is 0 Å². The second-order valence-electron chi connectivity index (χ2n) is 4.52. The van der Waals surface area contributed by atoms with Crippen molar-refractivity contribution in [1.29, 1.82) is 0 Å². The number of hydrogen-bond donors (Lipinski definition) is 2. The van der Waals surface area contributed by atoms with Gasteiger partial charge in [0.15, 0.2) is 11.5 Å². The summed E-state index contributed by atoms with van der Waals surface area (Å²) in [6, 6.07) is -0.461. The Balaban J connectivity index is 2.00. The molecule has 3 rings (SSSR count). The summed E-state index contributed by atoms with van der Waals surface area (Å²) in [7, 11) is 0. The number of hydrogen-bond acceptors (Lipinski definition) is 7. The molecule has 0 amide bonds. The number of halogens is 1. The third-order valence-electron chi connectivity index (χ3n) is 3.32. The molecule has 10 nitrogen and oxygen atoms in total. The summed E-state index contributed by atoms with van der Waals surface area (Å²) in [5.74, 6) is 0.173. The van der Waals surface area contributed by atoms with Gasteiger partial charge in [-0.1, -0.05) is 5.11 Å². The van der Waals surface area contributed by atoms with E-state index in [1.165, 1.54) is 6.33 Å². The molecule has 0 aliphatic carbocycles. The van der Waals surface area contributed by atoms with Crippen molar-refractivity contribution in [2.45, 2.75) is 24.8 Å². The van der Waals surface area contributed by atoms with Crippen molar-refractivity contribution in [2.75, 3.05) is 12.3 Å². The summed E-state index contributed by atoms with van der Waals surface area (Å²) in [6.45, 7) is -0.245. The summed E-state index contributed by atoms with van der Waals surface area (Å²) >= 11 is 5.80. The first-order chi connectivity index (χ1) is 10.1. The normalized spacial score (nSPS) is 25.1. The Bertz CT molecular complexity index is 727. The van der Waals surface area contributed by atoms with E-state index in [1.54, 1.807) is 4.57 Å². The Morgan fingerprint density at radius 1 is 1.62 bits per heavy atom. The van der Waals surface area contributed by atoms with E-state index < -0.39 is 18.4 Å². The van der Waals surface area contributed by atoms with Crippen molar-refractivity contribution < 1.29 is 9.84 Å². The highest BCUT2D eigenvalue weighted by atomic mass is 35.5. The molecule has 21 heavy (non-hydrogen) atoms. The molecule has 0 saturated carbocycles. The van der Waals surface area contributed by atoms with Gasteiger partial charge in [0.2, 0.25) is 5.28 Å². The lowest BCUT2D eigenvalue weighted by molar-refractivity contribution is -0.0232. The van der Waals surface area contributed by atoms with Crippen molar-refractivity contribution in [3.05, 3.63) is 22.1 Å². The van der Waals surface area contributed by atoms with Gasteiger partial charge in [-0.05, 0) is 17.1 Å². The van der Waals surface area contributed by atoms with Crippen molar-refractivity contribution in [3.8, 4) is 0 Å². The van der Waals surface area contributed by atoms with Crippen LogP contribution in [0.4, 0.5) is 5.82 Å². The first kappa shape index (κ1) is 13.8. The van der Waals surface area contributed by atoms with Crippen LogP contribution in [0.1, 0.15) is 12.6 Å². The molecular weight excluding hydrogens is 300 g/mol. The molecule has 0 unspecified atom stereocenters. The Hall–Kier alpha value is -2.13. The van der Waals surface area contributed by atoms with E-state index in [4.69, 9.17) is 27.6 Å². The monoisotopic (exact) mass is 310 g/mol. The quantitative estimate of drug-likeness (QED) is 0.374. The van der Waals surface area contributed by atoms with E-state index in [1.807, 2.05) is 0 Å². The van der Waals surface area contributed by atoms with Crippen LogP contribution in [0.25, 0.3) is 21.6 Å². The summed E-state index contributed by atoms with van der Waals surface area (Å²) in [5, 5.41) is 12.9. The maximum Gasteiger partial charge on any atom is 0.226 e. The Morgan fingerprint density at radius 2 is 2.43 bits per heavy atom. The first-order valence-electron chi connectivity index (χ1n) is 6.10. The third-order valence-corrected chi connectivity index (χ3v) is 3.48. The van der Waals surface area contributed by atoms with E-state index in [9.17, 15) is 5.11 Å². The van der Waals surface area contributed by atoms with Gasteiger partial charge >= 0.3 is 0 Å². The molecule has 110 valence electrons. The number of ether oxygens (including phenoxy) is 1. The van der Waals surface area contributed by atoms with Crippen LogP contribution in [0, 0.1) is 0 Å². The second-order valence-corrected chi connectivity index (χ2v) is 4.86. The zero-order chi connectivity index (χ0) is 15.0. The summed E-state index contributed by atoms with van der Waals surface area (Å²) in [6.07, 6.45) is 0.845. The largest absolute Gasteiger partial charge is 0.394 e. The van der Waals surface area contributed by atoms with Crippen LogP contribution < -0.4 is 5.73 Å². The average molecular weight is 311 g/mol. The number of azide groups is 1. The van der Waals surface area contributed by atoms with Crippen molar-refractivity contribution >= 4 is 28.6 Å². The van der Waals surface area contributed by atoms with Crippen LogP contribution >= 0.6 is 11.6 Å². The highest BCUT2D eigenvalue weighted by molar-refractivity contribution is 6.28. The number of aliphatic hydroxyl groups excluding tert-OH is 1. The van der Waals surface area contributed by atoms with Crippen LogP contribution in [0.2, 0.25) is 5.28 Å². The van der Waals surface area contributed by atoms with Gasteiger partial charge in [0.1, 0.15) is 11.7 Å². The zero-order valence-corrected chi connectivity index (χ0v) is 11.4. The molecular formula is C10H11ClN8O2. The van der Waals surface area contributed by atoms with Crippen LogP contribution in [0.15, 0.2) is 11.4 Å². The Morgan fingerprint density at radius 3 is 3.14 bits per heavy atom. The molecule has 2 aromatic rings. The van der Waals surface area contributed by atoms with Gasteiger partial charge in [-0.2, -0.15) is 9.97 Å². The highest BCUT2D eigenvalue weighted by Crippen LogP contribution is 2.33. The molecule has 3 atom stereocenters. The predicted molar refractivity (Wildman–Crippen MR) is 73.3 cm³/mol. The zero-order valence-electron chi connectivity index (χ0n) is 10.7. The molecule has 1 fully saturated rings. The van der Waals surface area contributed by atoms with Crippen LogP contribution in [-0.4, -0.2) is 43.4 Å². The first-order valence-corrected chi connectivity index (χ1v) is 6.48. The smallest absolute Gasteiger partial charge is 0.226 e. The standard InChI is InChI=1S/C10H11ClN8O2/c11-10-15-8(12)7-9(16-10)19(3-14-7)6-1-4(17-18-13)5(2-20)21-6/h3-6,20H,1-2H2,(H2,12,15,16)/t4-,5+,6+/m0/s1. The molecule has 1 saturated heterocycles. The summed E-state index contributed by atoms with van der Waals surface area (Å²) in [5.41, 5.74) is 15.1. The Labute approximate surface area is 123 Å². The highest BCUT2D eigenvalue weighted by Gasteiger charge is 2.36. The van der Waals surface area contributed by atoms with Gasteiger partial charge in [0.05, 0.1) is 25.1 Å². The summed E-state index contributed by atoms with van der Waals surface area (Å²) < 4.78 is 7.31. The number of rotatable bonds is 3. The van der Waals surface area contributed by atoms with Gasteiger partial charge in [0.25, 0.3) is 0 Å². The fourth-order valence-corrected chi connectivity index (χ4v) is 2.53. The molecule has 2 aromatic heterocycles. The number of nitrogen functional groups attached to an aromatic ring is 1. The minimum absolute atomic E-state index is 0.00468. The lowest BCUT2D eigenvalue weighted by Crippen LogP contribution is -2.22. The number of aliphatic hydroxyl groups is 1. The lowest BCUT2D eigenvalue weighted by Gasteiger charge is -2.13. The second kappa shape index (κ2) is 5.34. The van der Waals surface area contributed by atoms with Crippen molar-refractivity contribution in [2.24, 2.45) is 5.11 Å². The van der Waals surface area contributed by atoms with Gasteiger partial charge in [-0.15, -0.1) is 0 Å². The number of nitrogens with zero attached hydrogens (tertiary/aromatic N) is 7. The molecule has 0 radical (unpaired) electrons. The van der Waals surface area contributed by atoms with Crippen molar-refractivity contribution in [3.63, 3.8) is 0 Å². The summed E-state index contributed by atoms with van der Waals surface area (Å²) in [4.78, 5) is 14.8. The molecule has 11 heteroatoms. The molecule has 0 aromatic carbocycles. The topological polar surface area (TPSA) is 148 Å². The number of fused-ring (bicyclic) bond motifs is 1. The number of nitrogens with two attached hydrogens (primary N) is 1. The van der Waals surface area contributed by atoms with Gasteiger partial charge in [0, 0.05) is 11.3 Å². The van der Waals surface area contributed by atoms with E-state index in [-0.39, 0.29) is 17.7 Å². The average Bonchev–Trinajstić information content (AvgIpc) is 3.02. The molecule has 1 aliphatic rings. The fraction of sp³-hybridized carbons (Fsp3) is 0.500. The van der Waals surface area contributed by atoms with E-state index in [0.717, 1.165) is 0 Å². The predicted octanol–water partition coefficient (Wildman–Crippen LogP) is 1.02. The maximum atomic E-state index is 9.28. The van der Waals surface area contributed by atoms with Crippen LogP contribution in [-0.2, 0) is 4.74 Å². The van der Waals surface area contributed by atoms with Crippen molar-refractivity contribution in [1.82, 2.24) is 19.5 Å². The Kier molecular flexibility index (Phi) is 3.52. The minimum Gasteiger partial charge on any atom is -0.394 e. The number of aromatic nitrogens is 4. The molecule has 3 N–H and O–H groups in total. The molecule has 0 bridgehead atoms. The molecule has 1 aliphatic heterocycles. The number of imidazole rings is 1. The SMILES string of the molecule is [N-]=[N+]=N[C@H]1C[C@H](n2cnc3c(N)nc(Cl)nc32)O[C@@H]1CO. The molecule has 3 heterocycles. The van der Waals surface area contributed by atoms with Gasteiger partial charge in [-0.3, -0.25) is 4.57 Å². The fourth-order valence-electron chi connectivity index (χ4n) is 2.36. The lowest BCUT2D eigenvalue weighted by atomic mass is 10.1. The van der Waals surface area contributed by atoms with E-state index in [2.05, 4.69) is 25.0 Å². The van der Waals surface area contributed by atoms with E-state index in [0.29, 0.717) is 17.6 Å². The van der Waals surface area contributed by atoms with Gasteiger partial charge < -0.3 is 15.6 Å². The number of anilines is 1. The van der Waals surface area contributed by atoms with E-state index >= 15 is 0 Å². The minimum atomic E-state index is -0.571. The molecule has 0 spiro atoms. The maximum absolute atomic E-state index is 9.28. The third kappa shape index (κ3) is 2.34. The van der Waals surface area contributed by atoms with Crippen LogP contribution in [0.3, 0.4) is 0 Å². The van der Waals surface area contributed by atoms with Gasteiger partial charge in [-0.25, -0.2) is 4.98 Å².